The summed E-state index contributed by atoms with van der Waals surface area (Å²) in [6.07, 6.45) is 1.25. The summed E-state index contributed by atoms with van der Waals surface area (Å²) in [5.41, 5.74) is 2.75. The van der Waals surface area contributed by atoms with Gasteiger partial charge in [0.15, 0.2) is 5.78 Å². The van der Waals surface area contributed by atoms with E-state index in [1.165, 1.54) is 0 Å². The third-order valence-electron chi connectivity index (χ3n) is 3.27. The largest absolute Gasteiger partial charge is 0.379 e. The highest BCUT2D eigenvalue weighted by atomic mass is 79.9. The Bertz CT molecular complexity index is 427. The Labute approximate surface area is 118 Å². The van der Waals surface area contributed by atoms with Crippen molar-refractivity contribution >= 4 is 21.7 Å². The lowest BCUT2D eigenvalue weighted by atomic mass is 9.96. The van der Waals surface area contributed by atoms with Gasteiger partial charge in [-0.15, -0.1) is 0 Å². The van der Waals surface area contributed by atoms with E-state index in [1.807, 2.05) is 39.8 Å². The van der Waals surface area contributed by atoms with E-state index in [4.69, 9.17) is 4.74 Å². The standard InChI is InChI=1S/C15H21BrO2/c1-10-8-12(9-11(2)14(10)16)13(17)6-7-15(3,4)18-5/h8-9H,6-7H2,1-5H3. The van der Waals surface area contributed by atoms with Crippen LogP contribution in [-0.4, -0.2) is 18.5 Å². The lowest BCUT2D eigenvalue weighted by molar-refractivity contribution is 0.0141. The maximum Gasteiger partial charge on any atom is 0.163 e. The van der Waals surface area contributed by atoms with Crippen molar-refractivity contribution in [2.24, 2.45) is 0 Å². The number of halogens is 1. The monoisotopic (exact) mass is 312 g/mol. The van der Waals surface area contributed by atoms with Crippen LogP contribution in [0.4, 0.5) is 0 Å². The van der Waals surface area contributed by atoms with E-state index in [1.54, 1.807) is 7.11 Å². The van der Waals surface area contributed by atoms with Crippen LogP contribution in [0.25, 0.3) is 0 Å². The molecule has 1 rings (SSSR count). The van der Waals surface area contributed by atoms with E-state index in [2.05, 4.69) is 15.9 Å². The number of carbonyl (C=O) groups is 1. The van der Waals surface area contributed by atoms with Crippen LogP contribution >= 0.6 is 15.9 Å². The van der Waals surface area contributed by atoms with E-state index in [0.29, 0.717) is 6.42 Å². The summed E-state index contributed by atoms with van der Waals surface area (Å²) in [4.78, 5) is 12.2. The van der Waals surface area contributed by atoms with E-state index in [-0.39, 0.29) is 11.4 Å². The van der Waals surface area contributed by atoms with E-state index >= 15 is 0 Å². The van der Waals surface area contributed by atoms with Gasteiger partial charge in [-0.25, -0.2) is 0 Å². The van der Waals surface area contributed by atoms with Crippen molar-refractivity contribution in [2.75, 3.05) is 7.11 Å². The van der Waals surface area contributed by atoms with Crippen LogP contribution in [0.2, 0.25) is 0 Å². The number of benzene rings is 1. The highest BCUT2D eigenvalue weighted by molar-refractivity contribution is 9.10. The molecule has 0 saturated carbocycles. The molecule has 0 unspecified atom stereocenters. The van der Waals surface area contributed by atoms with Crippen LogP contribution < -0.4 is 0 Å². The number of carbonyl (C=O) groups excluding carboxylic acids is 1. The average Bonchev–Trinajstić information content (AvgIpc) is 2.32. The van der Waals surface area contributed by atoms with Crippen molar-refractivity contribution in [3.05, 3.63) is 33.3 Å². The molecule has 0 atom stereocenters. The van der Waals surface area contributed by atoms with Gasteiger partial charge in [0, 0.05) is 23.6 Å². The van der Waals surface area contributed by atoms with E-state index in [9.17, 15) is 4.79 Å². The molecule has 0 aliphatic rings. The fourth-order valence-electron chi connectivity index (χ4n) is 1.77. The molecule has 2 nitrogen and oxygen atoms in total. The van der Waals surface area contributed by atoms with Gasteiger partial charge in [-0.3, -0.25) is 4.79 Å². The van der Waals surface area contributed by atoms with Gasteiger partial charge in [-0.2, -0.15) is 0 Å². The number of methoxy groups -OCH3 is 1. The van der Waals surface area contributed by atoms with Gasteiger partial charge < -0.3 is 4.74 Å². The minimum atomic E-state index is -0.241. The molecule has 0 N–H and O–H groups in total. The van der Waals surface area contributed by atoms with Crippen molar-refractivity contribution < 1.29 is 9.53 Å². The Morgan fingerprint density at radius 1 is 1.28 bits per heavy atom. The molecule has 1 aromatic carbocycles. The highest BCUT2D eigenvalue weighted by Gasteiger charge is 2.19. The smallest absolute Gasteiger partial charge is 0.163 e. The summed E-state index contributed by atoms with van der Waals surface area (Å²) in [5, 5.41) is 0. The third-order valence-corrected chi connectivity index (χ3v) is 4.52. The van der Waals surface area contributed by atoms with Crippen LogP contribution in [-0.2, 0) is 4.74 Å². The van der Waals surface area contributed by atoms with Gasteiger partial charge >= 0.3 is 0 Å². The minimum absolute atomic E-state index is 0.179. The van der Waals surface area contributed by atoms with Gasteiger partial charge in [0.2, 0.25) is 0 Å². The summed E-state index contributed by atoms with van der Waals surface area (Å²) in [6, 6.07) is 3.89. The molecule has 0 bridgehead atoms. The molecule has 0 spiro atoms. The zero-order valence-corrected chi connectivity index (χ0v) is 13.3. The molecular formula is C15H21BrO2. The van der Waals surface area contributed by atoms with Crippen LogP contribution in [0.15, 0.2) is 16.6 Å². The first-order valence-corrected chi connectivity index (χ1v) is 6.91. The Hall–Kier alpha value is -0.670. The zero-order valence-electron chi connectivity index (χ0n) is 11.8. The number of rotatable bonds is 5. The van der Waals surface area contributed by atoms with Crippen molar-refractivity contribution in [1.82, 2.24) is 0 Å². The van der Waals surface area contributed by atoms with Gasteiger partial charge in [0.25, 0.3) is 0 Å². The second kappa shape index (κ2) is 5.98. The number of hydrogen-bond donors (Lipinski definition) is 0. The first-order chi connectivity index (χ1) is 8.26. The number of ether oxygens (including phenoxy) is 1. The Balaban J connectivity index is 2.80. The molecule has 0 radical (unpaired) electrons. The first kappa shape index (κ1) is 15.4. The molecule has 0 heterocycles. The summed E-state index contributed by atoms with van der Waals surface area (Å²) in [6.45, 7) is 8.01. The third kappa shape index (κ3) is 3.92. The Kier molecular flexibility index (Phi) is 5.11. The van der Waals surface area contributed by atoms with Crippen LogP contribution in [0.1, 0.15) is 48.2 Å². The predicted octanol–water partition coefficient (Wildman–Crippen LogP) is 4.45. The number of aryl methyl sites for hydroxylation is 2. The van der Waals surface area contributed by atoms with Gasteiger partial charge in [0.05, 0.1) is 5.60 Å². The molecule has 18 heavy (non-hydrogen) atoms. The van der Waals surface area contributed by atoms with Crippen molar-refractivity contribution in [2.45, 2.75) is 46.1 Å². The lowest BCUT2D eigenvalue weighted by Gasteiger charge is -2.22. The summed E-state index contributed by atoms with van der Waals surface area (Å²) >= 11 is 3.51. The normalized spacial score (nSPS) is 11.7. The maximum absolute atomic E-state index is 12.2. The van der Waals surface area contributed by atoms with Crippen molar-refractivity contribution in [1.29, 1.82) is 0 Å². The number of ketones is 1. The Morgan fingerprint density at radius 3 is 2.22 bits per heavy atom. The molecule has 0 aliphatic heterocycles. The summed E-state index contributed by atoms with van der Waals surface area (Å²) in [7, 11) is 1.68. The zero-order chi connectivity index (χ0) is 13.9. The van der Waals surface area contributed by atoms with Gasteiger partial charge in [0.1, 0.15) is 0 Å². The fraction of sp³-hybridized carbons (Fsp3) is 0.533. The number of Topliss-reactive ketones (excluding diaryl/α,β-unsaturated/α-hetero) is 1. The van der Waals surface area contributed by atoms with Gasteiger partial charge in [-0.05, 0) is 57.4 Å². The lowest BCUT2D eigenvalue weighted by Crippen LogP contribution is -2.23. The topological polar surface area (TPSA) is 26.3 Å². The molecule has 0 fully saturated rings. The second-order valence-corrected chi connectivity index (χ2v) is 6.10. The molecular weight excluding hydrogens is 292 g/mol. The van der Waals surface area contributed by atoms with E-state index < -0.39 is 0 Å². The van der Waals surface area contributed by atoms with Crippen LogP contribution in [0, 0.1) is 13.8 Å². The molecule has 0 aliphatic carbocycles. The molecule has 100 valence electrons. The van der Waals surface area contributed by atoms with E-state index in [0.717, 1.165) is 27.6 Å². The van der Waals surface area contributed by atoms with Crippen LogP contribution in [0.5, 0.6) is 0 Å². The summed E-state index contributed by atoms with van der Waals surface area (Å²) < 4.78 is 6.41. The first-order valence-electron chi connectivity index (χ1n) is 6.12. The molecule has 1 aromatic rings. The molecule has 0 saturated heterocycles. The SMILES string of the molecule is COC(C)(C)CCC(=O)c1cc(C)c(Br)c(C)c1. The highest BCUT2D eigenvalue weighted by Crippen LogP contribution is 2.24. The molecule has 0 amide bonds. The average molecular weight is 313 g/mol. The fourth-order valence-corrected chi connectivity index (χ4v) is 2.00. The number of hydrogen-bond acceptors (Lipinski definition) is 2. The predicted molar refractivity (Wildman–Crippen MR) is 78.3 cm³/mol. The van der Waals surface area contributed by atoms with Crippen molar-refractivity contribution in [3.8, 4) is 0 Å². The van der Waals surface area contributed by atoms with Crippen molar-refractivity contribution in [3.63, 3.8) is 0 Å². The second-order valence-electron chi connectivity index (χ2n) is 5.31. The van der Waals surface area contributed by atoms with Crippen LogP contribution in [0.3, 0.4) is 0 Å². The molecule has 0 aromatic heterocycles. The summed E-state index contributed by atoms with van der Waals surface area (Å²) in [5.74, 6) is 0.179. The minimum Gasteiger partial charge on any atom is -0.379 e. The quantitative estimate of drug-likeness (QED) is 0.751. The maximum atomic E-state index is 12.2. The van der Waals surface area contributed by atoms with Gasteiger partial charge in [-0.1, -0.05) is 15.9 Å². The Morgan fingerprint density at radius 2 is 1.78 bits per heavy atom. The molecule has 3 heteroatoms.